The highest BCUT2D eigenvalue weighted by Gasteiger charge is 2.64. The number of hydrogen-bond donors (Lipinski definition) is 1. The van der Waals surface area contributed by atoms with Gasteiger partial charge in [-0.05, 0) is 49.5 Å². The smallest absolute Gasteiger partial charge is 0.294 e. The molecule has 5 rings (SSSR count). The van der Waals surface area contributed by atoms with Crippen LogP contribution >= 0.6 is 0 Å². The zero-order chi connectivity index (χ0) is 17.7. The van der Waals surface area contributed by atoms with Crippen molar-refractivity contribution in [2.75, 3.05) is 6.61 Å². The van der Waals surface area contributed by atoms with Crippen LogP contribution in [0.2, 0.25) is 0 Å². The number of rotatable bonds is 5. The molecule has 1 amide bonds. The fourth-order valence-electron chi connectivity index (χ4n) is 6.58. The molecule has 3 unspecified atom stereocenters. The largest absolute Gasteiger partial charge is 0.350 e. The fourth-order valence-corrected chi connectivity index (χ4v) is 6.58. The second-order valence-electron chi connectivity index (χ2n) is 8.32. The van der Waals surface area contributed by atoms with E-state index in [0.717, 1.165) is 31.2 Å². The average molecular weight is 344 g/mol. The van der Waals surface area contributed by atoms with Crippen LogP contribution in [-0.2, 0) is 9.63 Å². The van der Waals surface area contributed by atoms with Crippen molar-refractivity contribution in [2.24, 2.45) is 17.3 Å². The summed E-state index contributed by atoms with van der Waals surface area (Å²) < 4.78 is 0. The summed E-state index contributed by atoms with van der Waals surface area (Å²) >= 11 is 0. The molecule has 0 aliphatic heterocycles. The van der Waals surface area contributed by atoms with Gasteiger partial charge in [0.15, 0.2) is 0 Å². The first-order valence-corrected chi connectivity index (χ1v) is 9.03. The van der Waals surface area contributed by atoms with E-state index in [-0.39, 0.29) is 29.4 Å². The van der Waals surface area contributed by atoms with E-state index in [1.165, 1.54) is 6.42 Å². The van der Waals surface area contributed by atoms with Crippen LogP contribution in [0.1, 0.15) is 50.5 Å². The van der Waals surface area contributed by atoms with E-state index in [9.17, 15) is 14.9 Å². The van der Waals surface area contributed by atoms with E-state index in [1.54, 1.807) is 6.92 Å². The van der Waals surface area contributed by atoms with Crippen LogP contribution in [-0.4, -0.2) is 23.1 Å². The molecule has 6 nitrogen and oxygen atoms in total. The van der Waals surface area contributed by atoms with Crippen LogP contribution in [0, 0.1) is 27.4 Å². The van der Waals surface area contributed by atoms with Crippen LogP contribution in [0.15, 0.2) is 30.3 Å². The lowest BCUT2D eigenvalue weighted by Gasteiger charge is -2.66. The Balaban J connectivity index is 1.80. The second kappa shape index (κ2) is 5.71. The minimum atomic E-state index is -0.675. The molecule has 0 radical (unpaired) electrons. The topological polar surface area (TPSA) is 81.5 Å². The van der Waals surface area contributed by atoms with E-state index in [0.29, 0.717) is 11.8 Å². The van der Waals surface area contributed by atoms with Gasteiger partial charge in [-0.15, -0.1) is 10.1 Å². The van der Waals surface area contributed by atoms with Crippen molar-refractivity contribution in [3.05, 3.63) is 46.0 Å². The summed E-state index contributed by atoms with van der Waals surface area (Å²) in [6.07, 6.45) is 4.98. The summed E-state index contributed by atoms with van der Waals surface area (Å²) in [7, 11) is 0. The first-order valence-electron chi connectivity index (χ1n) is 9.03. The molecule has 0 aromatic heterocycles. The number of benzene rings is 1. The molecule has 1 aromatic rings. The monoisotopic (exact) mass is 344 g/mol. The van der Waals surface area contributed by atoms with Gasteiger partial charge in [-0.25, -0.2) is 0 Å². The molecule has 1 N–H and O–H groups in total. The molecule has 0 spiro atoms. The lowest BCUT2D eigenvalue weighted by atomic mass is 9.41. The molecule has 25 heavy (non-hydrogen) atoms. The number of carbonyl (C=O) groups is 1. The highest BCUT2D eigenvalue weighted by Crippen LogP contribution is 2.67. The summed E-state index contributed by atoms with van der Waals surface area (Å²) in [5, 5.41) is 13.5. The van der Waals surface area contributed by atoms with Gasteiger partial charge in [-0.3, -0.25) is 4.79 Å². The Morgan fingerprint density at radius 1 is 1.24 bits per heavy atom. The van der Waals surface area contributed by atoms with Crippen LogP contribution in [0.5, 0.6) is 0 Å². The zero-order valence-corrected chi connectivity index (χ0v) is 14.4. The van der Waals surface area contributed by atoms with Crippen LogP contribution in [0.3, 0.4) is 0 Å². The number of carbonyl (C=O) groups excluding carboxylic acids is 1. The maximum absolute atomic E-state index is 12.0. The van der Waals surface area contributed by atoms with Gasteiger partial charge in [-0.2, -0.15) is 0 Å². The Morgan fingerprint density at radius 2 is 1.88 bits per heavy atom. The maximum atomic E-state index is 12.0. The third kappa shape index (κ3) is 2.68. The van der Waals surface area contributed by atoms with Crippen molar-refractivity contribution < 1.29 is 14.7 Å². The van der Waals surface area contributed by atoms with Crippen molar-refractivity contribution in [2.45, 2.75) is 50.5 Å². The molecule has 1 aromatic carbocycles. The van der Waals surface area contributed by atoms with Crippen LogP contribution < -0.4 is 5.32 Å². The van der Waals surface area contributed by atoms with Crippen molar-refractivity contribution in [1.29, 1.82) is 0 Å². The van der Waals surface area contributed by atoms with Gasteiger partial charge in [0, 0.05) is 23.8 Å². The molecular formula is C19H24N2O4. The number of nitrogens with zero attached hydrogens (tertiary/aromatic N) is 1. The fraction of sp³-hybridized carbons (Fsp3) is 0.632. The quantitative estimate of drug-likeness (QED) is 0.657. The van der Waals surface area contributed by atoms with Crippen LogP contribution in [0.25, 0.3) is 0 Å². The third-order valence-corrected chi connectivity index (χ3v) is 6.54. The molecule has 6 heteroatoms. The predicted octanol–water partition coefficient (Wildman–Crippen LogP) is 3.06. The van der Waals surface area contributed by atoms with E-state index < -0.39 is 5.09 Å². The van der Waals surface area contributed by atoms with Gasteiger partial charge in [0.05, 0.1) is 0 Å². The Bertz CT molecular complexity index is 676. The molecule has 0 heterocycles. The minimum absolute atomic E-state index is 0.0202. The Hall–Kier alpha value is -2.11. The van der Waals surface area contributed by atoms with E-state index in [2.05, 4.69) is 17.4 Å². The normalized spacial score (nSPS) is 38.4. The molecule has 0 saturated heterocycles. The molecule has 4 saturated carbocycles. The van der Waals surface area contributed by atoms with Crippen molar-refractivity contribution in [3.63, 3.8) is 0 Å². The Kier molecular flexibility index (Phi) is 3.74. The molecule has 134 valence electrons. The van der Waals surface area contributed by atoms with Crippen molar-refractivity contribution in [1.82, 2.24) is 5.32 Å². The van der Waals surface area contributed by atoms with Crippen molar-refractivity contribution >= 4 is 5.91 Å². The highest BCUT2D eigenvalue weighted by atomic mass is 16.9. The van der Waals surface area contributed by atoms with E-state index in [4.69, 9.17) is 4.84 Å². The zero-order valence-electron chi connectivity index (χ0n) is 14.4. The molecule has 4 aliphatic carbocycles. The highest BCUT2D eigenvalue weighted by molar-refractivity contribution is 5.74. The molecule has 5 atom stereocenters. The maximum Gasteiger partial charge on any atom is 0.294 e. The molecule has 4 bridgehead atoms. The lowest BCUT2D eigenvalue weighted by Crippen LogP contribution is -2.68. The van der Waals surface area contributed by atoms with Gasteiger partial charge in [0.2, 0.25) is 5.91 Å². The van der Waals surface area contributed by atoms with Crippen LogP contribution in [0.4, 0.5) is 0 Å². The number of amides is 1. The number of hydrogen-bond acceptors (Lipinski definition) is 4. The molecular weight excluding hydrogens is 320 g/mol. The first-order chi connectivity index (χ1) is 11.9. The average Bonchev–Trinajstić information content (AvgIpc) is 2.52. The van der Waals surface area contributed by atoms with E-state index in [1.807, 2.05) is 18.2 Å². The van der Waals surface area contributed by atoms with E-state index >= 15 is 0 Å². The number of nitrogens with one attached hydrogen (secondary N) is 1. The van der Waals surface area contributed by atoms with Gasteiger partial charge < -0.3 is 10.2 Å². The first kappa shape index (κ1) is 16.4. The Morgan fingerprint density at radius 3 is 2.44 bits per heavy atom. The Labute approximate surface area is 147 Å². The summed E-state index contributed by atoms with van der Waals surface area (Å²) in [5.41, 5.74) is 0.569. The van der Waals surface area contributed by atoms with Crippen molar-refractivity contribution in [3.8, 4) is 0 Å². The minimum Gasteiger partial charge on any atom is -0.350 e. The van der Waals surface area contributed by atoms with Gasteiger partial charge in [-0.1, -0.05) is 30.3 Å². The van der Waals surface area contributed by atoms with Gasteiger partial charge in [0.1, 0.15) is 6.61 Å². The standard InChI is InChI=1S/C19H24N2O4/c1-13(22)20-19-10-14-7-15(11-19)9-18(8-14,12-25-21(23)24)17(19)16-5-3-2-4-6-16/h2-6,14-15,17H,7-12H2,1H3,(H,20,22)/t14-,15+,17?,18?,19?. The summed E-state index contributed by atoms with van der Waals surface area (Å²) in [6.45, 7) is 1.69. The van der Waals surface area contributed by atoms with Gasteiger partial charge >= 0.3 is 0 Å². The second-order valence-corrected chi connectivity index (χ2v) is 8.32. The third-order valence-electron chi connectivity index (χ3n) is 6.54. The van der Waals surface area contributed by atoms with Gasteiger partial charge in [0.25, 0.3) is 5.09 Å². The molecule has 4 aliphatic rings. The SMILES string of the molecule is CC(=O)NC12C[C@@H]3C[C@@H](CC(CO[N+](=O)[O-])(C3)C1c1ccccc1)C2. The predicted molar refractivity (Wildman–Crippen MR) is 91.2 cm³/mol. The summed E-state index contributed by atoms with van der Waals surface area (Å²) in [5.74, 6) is 1.05. The summed E-state index contributed by atoms with van der Waals surface area (Å²) in [4.78, 5) is 27.9. The molecule has 4 fully saturated rings. The lowest BCUT2D eigenvalue weighted by molar-refractivity contribution is -0.761. The summed E-state index contributed by atoms with van der Waals surface area (Å²) in [6, 6.07) is 10.2.